The number of pyridine rings is 1. The number of amides is 1. The molecule has 25 heavy (non-hydrogen) atoms. The highest BCUT2D eigenvalue weighted by atomic mass is 16.6. The number of carbonyl (C=O) groups is 1. The van der Waals surface area contributed by atoms with E-state index in [2.05, 4.69) is 29.8 Å². The number of hydrogen-bond donors (Lipinski definition) is 0. The lowest BCUT2D eigenvalue weighted by molar-refractivity contribution is 0.0566. The summed E-state index contributed by atoms with van der Waals surface area (Å²) in [6.07, 6.45) is 4.84. The molecule has 1 aliphatic rings. The fourth-order valence-electron chi connectivity index (χ4n) is 3.31. The van der Waals surface area contributed by atoms with E-state index in [-0.39, 0.29) is 12.1 Å². The van der Waals surface area contributed by atoms with Gasteiger partial charge in [-0.2, -0.15) is 0 Å². The van der Waals surface area contributed by atoms with Crippen molar-refractivity contribution in [2.45, 2.75) is 78.5 Å². The lowest BCUT2D eigenvalue weighted by Crippen LogP contribution is -2.42. The van der Waals surface area contributed by atoms with E-state index in [1.807, 2.05) is 40.0 Å². The Bertz CT molecular complexity index is 565. The molecule has 2 rings (SSSR count). The maximum Gasteiger partial charge on any atom is 0.416 e. The van der Waals surface area contributed by atoms with E-state index in [1.165, 1.54) is 18.4 Å². The molecule has 0 aliphatic carbocycles. The van der Waals surface area contributed by atoms with Crippen molar-refractivity contribution in [3.05, 3.63) is 23.9 Å². The van der Waals surface area contributed by atoms with Crippen LogP contribution < -0.4 is 4.90 Å². The summed E-state index contributed by atoms with van der Waals surface area (Å²) >= 11 is 0. The van der Waals surface area contributed by atoms with Crippen LogP contribution in [-0.4, -0.2) is 40.7 Å². The quantitative estimate of drug-likeness (QED) is 0.769. The number of anilines is 1. The number of hydrogen-bond acceptors (Lipinski definition) is 4. The molecular formula is C20H33N3O2. The fourth-order valence-corrected chi connectivity index (χ4v) is 3.31. The van der Waals surface area contributed by atoms with Crippen molar-refractivity contribution < 1.29 is 9.53 Å². The van der Waals surface area contributed by atoms with Crippen LogP contribution in [0.25, 0.3) is 0 Å². The van der Waals surface area contributed by atoms with Crippen LogP contribution in [0.1, 0.15) is 72.4 Å². The van der Waals surface area contributed by atoms with E-state index in [9.17, 15) is 4.79 Å². The second-order valence-corrected chi connectivity index (χ2v) is 7.84. The average Bonchev–Trinajstić information content (AvgIpc) is 3.02. The Balaban J connectivity index is 2.22. The minimum Gasteiger partial charge on any atom is -0.443 e. The zero-order chi connectivity index (χ0) is 18.6. The van der Waals surface area contributed by atoms with Crippen molar-refractivity contribution in [2.75, 3.05) is 18.0 Å². The Morgan fingerprint density at radius 1 is 1.40 bits per heavy atom. The summed E-state index contributed by atoms with van der Waals surface area (Å²) in [5.41, 5.74) is 0.713. The van der Waals surface area contributed by atoms with Gasteiger partial charge in [-0.15, -0.1) is 0 Å². The van der Waals surface area contributed by atoms with Gasteiger partial charge >= 0.3 is 6.09 Å². The summed E-state index contributed by atoms with van der Waals surface area (Å²) in [4.78, 5) is 21.4. The first-order chi connectivity index (χ1) is 11.8. The zero-order valence-electron chi connectivity index (χ0n) is 16.6. The van der Waals surface area contributed by atoms with Gasteiger partial charge in [0.15, 0.2) is 0 Å². The normalized spacial score (nSPS) is 19.7. The smallest absolute Gasteiger partial charge is 0.416 e. The summed E-state index contributed by atoms with van der Waals surface area (Å²) < 4.78 is 5.58. The molecule has 1 saturated heterocycles. The standard InChI is InChI=1S/C20H33N3O2/c1-7-15(3)23(19(24)25-20(4,5)6)18-12-11-16(14-21-18)17-10-9-13-22(17)8-2/h11-12,14-15,17H,7-10,13H2,1-6H3. The number of nitrogens with zero attached hydrogens (tertiary/aromatic N) is 3. The van der Waals surface area contributed by atoms with Crippen LogP contribution in [0, 0.1) is 0 Å². The van der Waals surface area contributed by atoms with E-state index < -0.39 is 5.60 Å². The van der Waals surface area contributed by atoms with Gasteiger partial charge in [0.2, 0.25) is 0 Å². The first-order valence-corrected chi connectivity index (χ1v) is 9.49. The van der Waals surface area contributed by atoms with Crippen molar-refractivity contribution in [1.82, 2.24) is 9.88 Å². The predicted octanol–water partition coefficient (Wildman–Crippen LogP) is 4.78. The topological polar surface area (TPSA) is 45.7 Å². The van der Waals surface area contributed by atoms with E-state index >= 15 is 0 Å². The molecular weight excluding hydrogens is 314 g/mol. The second kappa shape index (κ2) is 8.17. The van der Waals surface area contributed by atoms with Gasteiger partial charge in [0, 0.05) is 18.3 Å². The molecule has 1 aromatic heterocycles. The summed E-state index contributed by atoms with van der Waals surface area (Å²) in [7, 11) is 0. The Labute approximate surface area is 152 Å². The number of aromatic nitrogens is 1. The van der Waals surface area contributed by atoms with Gasteiger partial charge in [-0.25, -0.2) is 9.78 Å². The van der Waals surface area contributed by atoms with Crippen LogP contribution in [0.15, 0.2) is 18.3 Å². The van der Waals surface area contributed by atoms with Crippen molar-refractivity contribution in [3.63, 3.8) is 0 Å². The molecule has 5 nitrogen and oxygen atoms in total. The van der Waals surface area contributed by atoms with Crippen LogP contribution in [0.4, 0.5) is 10.6 Å². The molecule has 0 spiro atoms. The molecule has 0 bridgehead atoms. The third-order valence-electron chi connectivity index (χ3n) is 4.79. The van der Waals surface area contributed by atoms with Crippen LogP contribution >= 0.6 is 0 Å². The van der Waals surface area contributed by atoms with Crippen LogP contribution in [0.5, 0.6) is 0 Å². The molecule has 1 fully saturated rings. The van der Waals surface area contributed by atoms with Crippen LogP contribution in [-0.2, 0) is 4.74 Å². The molecule has 140 valence electrons. The Hall–Kier alpha value is -1.62. The molecule has 5 heteroatoms. The van der Waals surface area contributed by atoms with Gasteiger partial charge in [0.25, 0.3) is 0 Å². The van der Waals surface area contributed by atoms with Gasteiger partial charge in [-0.05, 0) is 71.7 Å². The maximum absolute atomic E-state index is 12.7. The van der Waals surface area contributed by atoms with Crippen LogP contribution in [0.3, 0.4) is 0 Å². The molecule has 1 aliphatic heterocycles. The lowest BCUT2D eigenvalue weighted by atomic mass is 10.1. The third kappa shape index (κ3) is 4.94. The first-order valence-electron chi connectivity index (χ1n) is 9.49. The average molecular weight is 348 g/mol. The maximum atomic E-state index is 12.7. The highest BCUT2D eigenvalue weighted by Crippen LogP contribution is 2.32. The van der Waals surface area contributed by atoms with Gasteiger partial charge in [-0.1, -0.05) is 19.9 Å². The highest BCUT2D eigenvalue weighted by Gasteiger charge is 2.29. The van der Waals surface area contributed by atoms with Gasteiger partial charge in [0.05, 0.1) is 0 Å². The predicted molar refractivity (Wildman–Crippen MR) is 102 cm³/mol. The molecule has 0 radical (unpaired) electrons. The summed E-state index contributed by atoms with van der Waals surface area (Å²) in [6.45, 7) is 14.2. The summed E-state index contributed by atoms with van der Waals surface area (Å²) in [5, 5.41) is 0. The molecule has 2 unspecified atom stereocenters. The van der Waals surface area contributed by atoms with E-state index in [0.29, 0.717) is 11.9 Å². The number of likely N-dealkylation sites (tertiary alicyclic amines) is 1. The molecule has 2 atom stereocenters. The van der Waals surface area contributed by atoms with E-state index in [4.69, 9.17) is 4.74 Å². The van der Waals surface area contributed by atoms with Gasteiger partial charge in [-0.3, -0.25) is 9.80 Å². The molecule has 1 aromatic rings. The van der Waals surface area contributed by atoms with Gasteiger partial charge in [0.1, 0.15) is 11.4 Å². The fraction of sp³-hybridized carbons (Fsp3) is 0.700. The number of rotatable bonds is 5. The molecule has 0 N–H and O–H groups in total. The Morgan fingerprint density at radius 2 is 2.12 bits per heavy atom. The van der Waals surface area contributed by atoms with Crippen molar-refractivity contribution in [2.24, 2.45) is 0 Å². The highest BCUT2D eigenvalue weighted by molar-refractivity contribution is 5.87. The minimum atomic E-state index is -0.520. The zero-order valence-corrected chi connectivity index (χ0v) is 16.6. The molecule has 0 aromatic carbocycles. The van der Waals surface area contributed by atoms with Gasteiger partial charge < -0.3 is 4.74 Å². The molecule has 1 amide bonds. The summed E-state index contributed by atoms with van der Waals surface area (Å²) in [5.74, 6) is 0.661. The Kier molecular flexibility index (Phi) is 6.44. The first kappa shape index (κ1) is 19.7. The number of ether oxygens (including phenoxy) is 1. The minimum absolute atomic E-state index is 0.0341. The van der Waals surface area contributed by atoms with Crippen molar-refractivity contribution in [1.29, 1.82) is 0 Å². The van der Waals surface area contributed by atoms with Crippen LogP contribution in [0.2, 0.25) is 0 Å². The summed E-state index contributed by atoms with van der Waals surface area (Å²) in [6, 6.07) is 4.55. The molecule has 0 saturated carbocycles. The SMILES string of the molecule is CCC(C)N(C(=O)OC(C)(C)C)c1ccc(C2CCCN2CC)cn1. The second-order valence-electron chi connectivity index (χ2n) is 7.84. The lowest BCUT2D eigenvalue weighted by Gasteiger charge is -2.31. The largest absolute Gasteiger partial charge is 0.443 e. The Morgan fingerprint density at radius 3 is 2.64 bits per heavy atom. The van der Waals surface area contributed by atoms with E-state index in [0.717, 1.165) is 19.5 Å². The molecule has 2 heterocycles. The monoisotopic (exact) mass is 347 g/mol. The number of carbonyl (C=O) groups excluding carboxylic acids is 1. The van der Waals surface area contributed by atoms with Crippen molar-refractivity contribution in [3.8, 4) is 0 Å². The van der Waals surface area contributed by atoms with E-state index in [1.54, 1.807) is 4.90 Å². The van der Waals surface area contributed by atoms with Crippen molar-refractivity contribution >= 4 is 11.9 Å². The third-order valence-corrected chi connectivity index (χ3v) is 4.79.